The zero-order chi connectivity index (χ0) is 12.3. The maximum Gasteiger partial charge on any atom is 0.121 e. The third-order valence-electron chi connectivity index (χ3n) is 3.63. The molecule has 2 unspecified atom stereocenters. The zero-order valence-corrected chi connectivity index (χ0v) is 12.1. The highest BCUT2D eigenvalue weighted by Gasteiger charge is 2.21. The van der Waals surface area contributed by atoms with Gasteiger partial charge in [0.1, 0.15) is 5.75 Å². The minimum atomic E-state index is 0.590. The van der Waals surface area contributed by atoms with E-state index in [-0.39, 0.29) is 0 Å². The summed E-state index contributed by atoms with van der Waals surface area (Å²) in [5.74, 6) is 1.65. The Balaban J connectivity index is 2.11. The second kappa shape index (κ2) is 5.76. The molecule has 0 aliphatic heterocycles. The summed E-state index contributed by atoms with van der Waals surface area (Å²) in [5.41, 5.74) is 1.14. The third kappa shape index (κ3) is 3.15. The third-order valence-corrected chi connectivity index (χ3v) is 4.32. The van der Waals surface area contributed by atoms with Gasteiger partial charge in [0.05, 0.1) is 12.8 Å². The Morgan fingerprint density at radius 3 is 2.76 bits per heavy atom. The molecule has 2 rings (SSSR count). The molecule has 0 heterocycles. The number of nitrogens with one attached hydrogen (secondary N) is 1. The lowest BCUT2D eigenvalue weighted by molar-refractivity contribution is 0.349. The molecule has 0 amide bonds. The van der Waals surface area contributed by atoms with E-state index in [1.165, 1.54) is 25.7 Å². The Morgan fingerprint density at radius 2 is 2.06 bits per heavy atom. The van der Waals surface area contributed by atoms with Crippen molar-refractivity contribution in [1.29, 1.82) is 0 Å². The summed E-state index contributed by atoms with van der Waals surface area (Å²) >= 11 is 3.59. The molecule has 0 saturated heterocycles. The molecule has 0 aromatic heterocycles. The lowest BCUT2D eigenvalue weighted by Gasteiger charge is -2.30. The highest BCUT2D eigenvalue weighted by Crippen LogP contribution is 2.32. The summed E-state index contributed by atoms with van der Waals surface area (Å²) in [7, 11) is 1.70. The van der Waals surface area contributed by atoms with Crippen LogP contribution in [0.15, 0.2) is 22.7 Å². The second-order valence-electron chi connectivity index (χ2n) is 4.86. The number of hydrogen-bond donors (Lipinski definition) is 1. The average molecular weight is 298 g/mol. The maximum atomic E-state index is 5.27. The van der Waals surface area contributed by atoms with Gasteiger partial charge in [-0.3, -0.25) is 0 Å². The van der Waals surface area contributed by atoms with E-state index in [2.05, 4.69) is 34.2 Å². The first kappa shape index (κ1) is 12.7. The molecule has 2 atom stereocenters. The molecular formula is C14H20BrNO. The molecule has 1 saturated carbocycles. The van der Waals surface area contributed by atoms with Crippen LogP contribution >= 0.6 is 15.9 Å². The zero-order valence-electron chi connectivity index (χ0n) is 10.5. The largest absolute Gasteiger partial charge is 0.497 e. The smallest absolute Gasteiger partial charge is 0.121 e. The van der Waals surface area contributed by atoms with Crippen molar-refractivity contribution in [3.63, 3.8) is 0 Å². The topological polar surface area (TPSA) is 21.3 Å². The van der Waals surface area contributed by atoms with E-state index in [0.29, 0.717) is 6.04 Å². The minimum Gasteiger partial charge on any atom is -0.497 e. The van der Waals surface area contributed by atoms with Gasteiger partial charge in [-0.15, -0.1) is 0 Å². The predicted molar refractivity (Wildman–Crippen MR) is 75.7 cm³/mol. The lowest BCUT2D eigenvalue weighted by atomic mass is 9.86. The van der Waals surface area contributed by atoms with Gasteiger partial charge in [0.15, 0.2) is 0 Å². The number of hydrogen-bond acceptors (Lipinski definition) is 2. The first-order valence-electron chi connectivity index (χ1n) is 6.31. The quantitative estimate of drug-likeness (QED) is 0.890. The van der Waals surface area contributed by atoms with Crippen molar-refractivity contribution >= 4 is 21.6 Å². The number of rotatable bonds is 3. The molecule has 1 aromatic rings. The van der Waals surface area contributed by atoms with Gasteiger partial charge in [-0.25, -0.2) is 0 Å². The van der Waals surface area contributed by atoms with Gasteiger partial charge < -0.3 is 10.1 Å². The Morgan fingerprint density at radius 1 is 1.29 bits per heavy atom. The molecule has 0 bridgehead atoms. The molecule has 0 radical (unpaired) electrons. The van der Waals surface area contributed by atoms with E-state index in [1.54, 1.807) is 7.11 Å². The standard InChI is InChI=1S/C14H20BrNO/c1-10-5-3-4-6-13(10)16-14-9-11(17-2)7-8-12(14)15/h7-10,13,16H,3-6H2,1-2H3. The maximum absolute atomic E-state index is 5.27. The Kier molecular flexibility index (Phi) is 4.32. The van der Waals surface area contributed by atoms with Crippen LogP contribution in [0.5, 0.6) is 5.75 Å². The summed E-state index contributed by atoms with van der Waals surface area (Å²) in [4.78, 5) is 0. The Bertz CT molecular complexity index is 380. The monoisotopic (exact) mass is 297 g/mol. The van der Waals surface area contributed by atoms with Crippen molar-refractivity contribution in [2.45, 2.75) is 38.6 Å². The van der Waals surface area contributed by atoms with Gasteiger partial charge in [0.2, 0.25) is 0 Å². The molecule has 94 valence electrons. The van der Waals surface area contributed by atoms with E-state index >= 15 is 0 Å². The van der Waals surface area contributed by atoms with Crippen molar-refractivity contribution in [3.05, 3.63) is 22.7 Å². The molecule has 1 aromatic carbocycles. The van der Waals surface area contributed by atoms with Gasteiger partial charge >= 0.3 is 0 Å². The van der Waals surface area contributed by atoms with Crippen molar-refractivity contribution in [3.8, 4) is 5.75 Å². The van der Waals surface area contributed by atoms with Gasteiger partial charge in [0.25, 0.3) is 0 Å². The summed E-state index contributed by atoms with van der Waals surface area (Å²) in [6, 6.07) is 6.66. The minimum absolute atomic E-state index is 0.590. The number of methoxy groups -OCH3 is 1. The van der Waals surface area contributed by atoms with Crippen LogP contribution in [0.25, 0.3) is 0 Å². The highest BCUT2D eigenvalue weighted by molar-refractivity contribution is 9.10. The van der Waals surface area contributed by atoms with Crippen LogP contribution in [0.2, 0.25) is 0 Å². The predicted octanol–water partition coefficient (Wildman–Crippen LogP) is 4.45. The Labute approximate surface area is 112 Å². The van der Waals surface area contributed by atoms with Crippen molar-refractivity contribution in [2.75, 3.05) is 12.4 Å². The van der Waals surface area contributed by atoms with Crippen LogP contribution in [0.3, 0.4) is 0 Å². The molecule has 3 heteroatoms. The molecule has 0 spiro atoms. The number of benzene rings is 1. The summed E-state index contributed by atoms with van der Waals surface area (Å²) < 4.78 is 6.37. The van der Waals surface area contributed by atoms with Crippen LogP contribution in [-0.4, -0.2) is 13.2 Å². The van der Waals surface area contributed by atoms with Crippen molar-refractivity contribution < 1.29 is 4.74 Å². The van der Waals surface area contributed by atoms with E-state index in [0.717, 1.165) is 21.8 Å². The molecule has 2 nitrogen and oxygen atoms in total. The Hall–Kier alpha value is -0.700. The van der Waals surface area contributed by atoms with Gasteiger partial charge in [0, 0.05) is 16.6 Å². The molecule has 17 heavy (non-hydrogen) atoms. The summed E-state index contributed by atoms with van der Waals surface area (Å²) in [6.07, 6.45) is 5.31. The van der Waals surface area contributed by atoms with Crippen LogP contribution in [0, 0.1) is 5.92 Å². The average Bonchev–Trinajstić information content (AvgIpc) is 2.35. The fraction of sp³-hybridized carbons (Fsp3) is 0.571. The van der Waals surface area contributed by atoms with Gasteiger partial charge in [-0.1, -0.05) is 19.8 Å². The lowest BCUT2D eigenvalue weighted by Crippen LogP contribution is -2.30. The number of anilines is 1. The molecule has 1 fully saturated rings. The molecule has 1 aliphatic carbocycles. The van der Waals surface area contributed by atoms with E-state index in [1.807, 2.05) is 12.1 Å². The van der Waals surface area contributed by atoms with Crippen LogP contribution in [0.1, 0.15) is 32.6 Å². The first-order chi connectivity index (χ1) is 8.20. The number of ether oxygens (including phenoxy) is 1. The SMILES string of the molecule is COc1ccc(Br)c(NC2CCCCC2C)c1. The molecular weight excluding hydrogens is 278 g/mol. The van der Waals surface area contributed by atoms with E-state index < -0.39 is 0 Å². The van der Waals surface area contributed by atoms with Gasteiger partial charge in [-0.2, -0.15) is 0 Å². The van der Waals surface area contributed by atoms with Crippen LogP contribution in [-0.2, 0) is 0 Å². The summed E-state index contributed by atoms with van der Waals surface area (Å²) in [6.45, 7) is 2.34. The van der Waals surface area contributed by atoms with E-state index in [4.69, 9.17) is 4.74 Å². The van der Waals surface area contributed by atoms with Crippen molar-refractivity contribution in [1.82, 2.24) is 0 Å². The fourth-order valence-electron chi connectivity index (χ4n) is 2.47. The van der Waals surface area contributed by atoms with E-state index in [9.17, 15) is 0 Å². The van der Waals surface area contributed by atoms with Crippen LogP contribution < -0.4 is 10.1 Å². The second-order valence-corrected chi connectivity index (χ2v) is 5.71. The highest BCUT2D eigenvalue weighted by atomic mass is 79.9. The normalized spacial score (nSPS) is 24.4. The van der Waals surface area contributed by atoms with Crippen LogP contribution in [0.4, 0.5) is 5.69 Å². The fourth-order valence-corrected chi connectivity index (χ4v) is 2.83. The van der Waals surface area contributed by atoms with Gasteiger partial charge in [-0.05, 0) is 46.8 Å². The summed E-state index contributed by atoms with van der Waals surface area (Å²) in [5, 5.41) is 3.65. The van der Waals surface area contributed by atoms with Crippen molar-refractivity contribution in [2.24, 2.45) is 5.92 Å². The molecule has 1 N–H and O–H groups in total. The number of halogens is 1. The first-order valence-corrected chi connectivity index (χ1v) is 7.10. The molecule has 1 aliphatic rings.